The summed E-state index contributed by atoms with van der Waals surface area (Å²) in [6.07, 6.45) is 0. The minimum atomic E-state index is 0.127. The van der Waals surface area contributed by atoms with Crippen molar-refractivity contribution in [1.29, 1.82) is 0 Å². The lowest BCUT2D eigenvalue weighted by Gasteiger charge is -2.23. The van der Waals surface area contributed by atoms with E-state index in [1.165, 1.54) is 0 Å². The molecule has 0 aromatic heterocycles. The second-order valence-electron chi connectivity index (χ2n) is 5.62. The fraction of sp³-hybridized carbons (Fsp3) is 0.571. The van der Waals surface area contributed by atoms with Crippen molar-refractivity contribution < 1.29 is 4.74 Å². The Balaban J connectivity index is 2.42. The maximum absolute atomic E-state index is 6.03. The number of benzene rings is 1. The van der Waals surface area contributed by atoms with Crippen LogP contribution in [0.5, 0.6) is 5.75 Å². The highest BCUT2D eigenvalue weighted by Gasteiger charge is 2.12. The Morgan fingerprint density at radius 3 is 2.56 bits per heavy atom. The van der Waals surface area contributed by atoms with Gasteiger partial charge in [0.25, 0.3) is 0 Å². The normalized spacial score (nSPS) is 13.4. The summed E-state index contributed by atoms with van der Waals surface area (Å²) in [6.45, 7) is 10.1. The summed E-state index contributed by atoms with van der Waals surface area (Å²) < 4.78 is 5.69. The van der Waals surface area contributed by atoms with Gasteiger partial charge in [-0.25, -0.2) is 0 Å². The Bertz CT molecular complexity index is 388. The Morgan fingerprint density at radius 1 is 1.28 bits per heavy atom. The summed E-state index contributed by atoms with van der Waals surface area (Å²) >= 11 is 11.9. The van der Waals surface area contributed by atoms with Crippen molar-refractivity contribution in [1.82, 2.24) is 5.32 Å². The first kappa shape index (κ1) is 15.6. The molecule has 2 nitrogen and oxygen atoms in total. The van der Waals surface area contributed by atoms with Crippen LogP contribution in [-0.4, -0.2) is 18.7 Å². The minimum absolute atomic E-state index is 0.127. The summed E-state index contributed by atoms with van der Waals surface area (Å²) in [5.41, 5.74) is 0.127. The van der Waals surface area contributed by atoms with E-state index in [0.29, 0.717) is 28.3 Å². The molecule has 0 aliphatic heterocycles. The van der Waals surface area contributed by atoms with Crippen molar-refractivity contribution >= 4 is 23.2 Å². The molecule has 102 valence electrons. The Kier molecular flexibility index (Phi) is 5.77. The van der Waals surface area contributed by atoms with E-state index in [2.05, 4.69) is 33.0 Å². The molecular formula is C14H21Cl2NO. The summed E-state index contributed by atoms with van der Waals surface area (Å²) in [6, 6.07) is 5.24. The molecule has 1 N–H and O–H groups in total. The van der Waals surface area contributed by atoms with E-state index in [0.717, 1.165) is 6.54 Å². The largest absolute Gasteiger partial charge is 0.492 e. The van der Waals surface area contributed by atoms with Crippen molar-refractivity contribution in [3.63, 3.8) is 0 Å². The molecule has 0 bridgehead atoms. The molecule has 0 aliphatic carbocycles. The quantitative estimate of drug-likeness (QED) is 0.868. The molecule has 1 unspecified atom stereocenters. The van der Waals surface area contributed by atoms with Crippen LogP contribution in [-0.2, 0) is 0 Å². The number of nitrogens with one attached hydrogen (secondary N) is 1. The minimum Gasteiger partial charge on any atom is -0.492 e. The van der Waals surface area contributed by atoms with Gasteiger partial charge in [0.05, 0.1) is 11.6 Å². The van der Waals surface area contributed by atoms with E-state index in [1.54, 1.807) is 18.2 Å². The predicted octanol–water partition coefficient (Wildman–Crippen LogP) is 4.40. The zero-order valence-electron chi connectivity index (χ0n) is 11.4. The molecular weight excluding hydrogens is 269 g/mol. The van der Waals surface area contributed by atoms with E-state index < -0.39 is 0 Å². The monoisotopic (exact) mass is 289 g/mol. The summed E-state index contributed by atoms with van der Waals surface area (Å²) in [5.74, 6) is 1.05. The molecule has 0 amide bonds. The Labute approximate surface area is 120 Å². The van der Waals surface area contributed by atoms with Gasteiger partial charge in [0.2, 0.25) is 0 Å². The maximum atomic E-state index is 6.03. The molecule has 0 aliphatic rings. The third kappa shape index (κ3) is 5.94. The Morgan fingerprint density at radius 2 is 1.94 bits per heavy atom. The van der Waals surface area contributed by atoms with Crippen molar-refractivity contribution in [2.75, 3.05) is 13.2 Å². The van der Waals surface area contributed by atoms with E-state index in [-0.39, 0.29) is 5.54 Å². The van der Waals surface area contributed by atoms with Gasteiger partial charge in [-0.05, 0) is 32.9 Å². The standard InChI is InChI=1S/C14H21Cl2NO/c1-10(8-17-14(2,3)4)9-18-13-7-11(15)5-6-12(13)16/h5-7,10,17H,8-9H2,1-4H3. The lowest BCUT2D eigenvalue weighted by atomic mass is 10.1. The van der Waals surface area contributed by atoms with Crippen LogP contribution >= 0.6 is 23.2 Å². The molecule has 0 spiro atoms. The van der Waals surface area contributed by atoms with Gasteiger partial charge in [-0.1, -0.05) is 30.1 Å². The highest BCUT2D eigenvalue weighted by molar-refractivity contribution is 6.34. The van der Waals surface area contributed by atoms with Crippen LogP contribution in [0.25, 0.3) is 0 Å². The highest BCUT2D eigenvalue weighted by atomic mass is 35.5. The van der Waals surface area contributed by atoms with E-state index in [9.17, 15) is 0 Å². The zero-order chi connectivity index (χ0) is 13.8. The lowest BCUT2D eigenvalue weighted by molar-refractivity contribution is 0.244. The van der Waals surface area contributed by atoms with Gasteiger partial charge in [-0.2, -0.15) is 0 Å². The fourth-order valence-corrected chi connectivity index (χ4v) is 1.69. The van der Waals surface area contributed by atoms with Crippen molar-refractivity contribution in [2.24, 2.45) is 5.92 Å². The van der Waals surface area contributed by atoms with Gasteiger partial charge in [0.1, 0.15) is 5.75 Å². The first-order valence-corrected chi connectivity index (χ1v) is 6.86. The van der Waals surface area contributed by atoms with Gasteiger partial charge < -0.3 is 10.1 Å². The molecule has 4 heteroatoms. The van der Waals surface area contributed by atoms with Gasteiger partial charge in [-0.15, -0.1) is 0 Å². The molecule has 0 saturated carbocycles. The molecule has 1 atom stereocenters. The lowest BCUT2D eigenvalue weighted by Crippen LogP contribution is -2.39. The van der Waals surface area contributed by atoms with E-state index in [1.807, 2.05) is 0 Å². The zero-order valence-corrected chi connectivity index (χ0v) is 12.9. The molecule has 0 fully saturated rings. The highest BCUT2D eigenvalue weighted by Crippen LogP contribution is 2.27. The Hall–Kier alpha value is -0.440. The maximum Gasteiger partial charge on any atom is 0.139 e. The molecule has 18 heavy (non-hydrogen) atoms. The van der Waals surface area contributed by atoms with Crippen LogP contribution in [0.2, 0.25) is 10.0 Å². The second-order valence-corrected chi connectivity index (χ2v) is 6.47. The fourth-order valence-electron chi connectivity index (χ4n) is 1.36. The summed E-state index contributed by atoms with van der Waals surface area (Å²) in [4.78, 5) is 0. The molecule has 1 rings (SSSR count). The summed E-state index contributed by atoms with van der Waals surface area (Å²) in [7, 11) is 0. The van der Waals surface area contributed by atoms with Crippen LogP contribution in [0.1, 0.15) is 27.7 Å². The van der Waals surface area contributed by atoms with Gasteiger partial charge in [0.15, 0.2) is 0 Å². The number of halogens is 2. The molecule has 1 aromatic carbocycles. The average molecular weight is 290 g/mol. The van der Waals surface area contributed by atoms with Gasteiger partial charge >= 0.3 is 0 Å². The van der Waals surface area contributed by atoms with Crippen LogP contribution in [0.3, 0.4) is 0 Å². The molecule has 0 heterocycles. The molecule has 1 aromatic rings. The smallest absolute Gasteiger partial charge is 0.139 e. The van der Waals surface area contributed by atoms with Gasteiger partial charge in [0, 0.05) is 29.1 Å². The SMILES string of the molecule is CC(CNC(C)(C)C)COc1cc(Cl)ccc1Cl. The van der Waals surface area contributed by atoms with Crippen LogP contribution in [0.4, 0.5) is 0 Å². The van der Waals surface area contributed by atoms with Crippen molar-refractivity contribution in [3.8, 4) is 5.75 Å². The first-order valence-electron chi connectivity index (χ1n) is 6.11. The third-order valence-electron chi connectivity index (χ3n) is 2.40. The van der Waals surface area contributed by atoms with Crippen molar-refractivity contribution in [2.45, 2.75) is 33.2 Å². The predicted molar refractivity (Wildman–Crippen MR) is 78.9 cm³/mol. The van der Waals surface area contributed by atoms with E-state index >= 15 is 0 Å². The molecule has 0 radical (unpaired) electrons. The third-order valence-corrected chi connectivity index (χ3v) is 2.94. The second kappa shape index (κ2) is 6.65. The number of hydrogen-bond acceptors (Lipinski definition) is 2. The van der Waals surface area contributed by atoms with Crippen LogP contribution in [0.15, 0.2) is 18.2 Å². The first-order chi connectivity index (χ1) is 8.28. The number of hydrogen-bond donors (Lipinski definition) is 1. The number of rotatable bonds is 5. The van der Waals surface area contributed by atoms with Crippen LogP contribution in [0, 0.1) is 5.92 Å². The summed E-state index contributed by atoms with van der Waals surface area (Å²) in [5, 5.41) is 4.67. The van der Waals surface area contributed by atoms with E-state index in [4.69, 9.17) is 27.9 Å². The van der Waals surface area contributed by atoms with Gasteiger partial charge in [-0.3, -0.25) is 0 Å². The molecule has 0 saturated heterocycles. The van der Waals surface area contributed by atoms with Crippen LogP contribution < -0.4 is 10.1 Å². The topological polar surface area (TPSA) is 21.3 Å². The number of ether oxygens (including phenoxy) is 1. The average Bonchev–Trinajstić information content (AvgIpc) is 2.26. The van der Waals surface area contributed by atoms with Crippen molar-refractivity contribution in [3.05, 3.63) is 28.2 Å².